The first-order valence-electron chi connectivity index (χ1n) is 11.6. The molecule has 6 nitrogen and oxygen atoms in total. The van der Waals surface area contributed by atoms with Crippen molar-refractivity contribution >= 4 is 17.7 Å². The molecule has 0 atom stereocenters. The number of carboxylic acids is 1. The number of ether oxygens (including phenoxy) is 2. The van der Waals surface area contributed by atoms with Gasteiger partial charge in [-0.2, -0.15) is 0 Å². The van der Waals surface area contributed by atoms with Crippen LogP contribution in [0.5, 0.6) is 5.75 Å². The number of carbonyl (C=O) groups excluding carboxylic acids is 1. The van der Waals surface area contributed by atoms with E-state index in [1.54, 1.807) is 19.2 Å². The Morgan fingerprint density at radius 1 is 0.833 bits per heavy atom. The van der Waals surface area contributed by atoms with Gasteiger partial charge in [-0.1, -0.05) is 60.7 Å². The Balaban J connectivity index is 1.30. The molecule has 0 heterocycles. The number of aromatic carboxylic acids is 1. The van der Waals surface area contributed by atoms with Crippen molar-refractivity contribution in [3.8, 4) is 16.9 Å². The van der Waals surface area contributed by atoms with Crippen LogP contribution in [0.3, 0.4) is 0 Å². The maximum Gasteiger partial charge on any atom is 0.411 e. The van der Waals surface area contributed by atoms with Crippen molar-refractivity contribution < 1.29 is 24.2 Å². The second-order valence-electron chi connectivity index (χ2n) is 8.70. The van der Waals surface area contributed by atoms with E-state index >= 15 is 0 Å². The molecule has 1 amide bonds. The van der Waals surface area contributed by atoms with E-state index in [1.807, 2.05) is 48.5 Å². The number of methoxy groups -OCH3 is 1. The van der Waals surface area contributed by atoms with Gasteiger partial charge in [0.05, 0.1) is 12.7 Å². The Labute approximate surface area is 209 Å². The Bertz CT molecular complexity index is 1380. The third kappa shape index (κ3) is 4.79. The largest absolute Gasteiger partial charge is 0.497 e. The van der Waals surface area contributed by atoms with Crippen LogP contribution in [0.2, 0.25) is 0 Å². The number of rotatable bonds is 7. The number of hydrogen-bond donors (Lipinski definition) is 2. The fourth-order valence-corrected chi connectivity index (χ4v) is 4.72. The third-order valence-corrected chi connectivity index (χ3v) is 6.40. The first-order chi connectivity index (χ1) is 17.5. The zero-order valence-electron chi connectivity index (χ0n) is 19.7. The summed E-state index contributed by atoms with van der Waals surface area (Å²) in [6, 6.07) is 28.6. The summed E-state index contributed by atoms with van der Waals surface area (Å²) in [5, 5.41) is 12.3. The van der Waals surface area contributed by atoms with Crippen molar-refractivity contribution in [3.05, 3.63) is 119 Å². The minimum atomic E-state index is -1.07. The second-order valence-corrected chi connectivity index (χ2v) is 8.70. The molecular weight excluding hydrogens is 454 g/mol. The Morgan fingerprint density at radius 2 is 1.47 bits per heavy atom. The molecule has 4 aromatic rings. The number of hydrogen-bond acceptors (Lipinski definition) is 4. The lowest BCUT2D eigenvalue weighted by Gasteiger charge is -2.15. The summed E-state index contributed by atoms with van der Waals surface area (Å²) in [4.78, 5) is 24.4. The van der Waals surface area contributed by atoms with E-state index in [1.165, 1.54) is 6.07 Å². The number of nitrogens with one attached hydrogen (secondary N) is 1. The summed E-state index contributed by atoms with van der Waals surface area (Å²) < 4.78 is 10.8. The van der Waals surface area contributed by atoms with Crippen LogP contribution < -0.4 is 10.1 Å². The Morgan fingerprint density at radius 3 is 2.08 bits per heavy atom. The van der Waals surface area contributed by atoms with Crippen LogP contribution in [0.25, 0.3) is 11.1 Å². The van der Waals surface area contributed by atoms with Crippen molar-refractivity contribution in [3.63, 3.8) is 0 Å². The minimum Gasteiger partial charge on any atom is -0.497 e. The normalized spacial score (nSPS) is 11.9. The van der Waals surface area contributed by atoms with Crippen LogP contribution in [-0.2, 0) is 11.2 Å². The highest BCUT2D eigenvalue weighted by molar-refractivity contribution is 5.92. The molecule has 0 bridgehead atoms. The van der Waals surface area contributed by atoms with E-state index < -0.39 is 12.1 Å². The third-order valence-electron chi connectivity index (χ3n) is 6.40. The molecule has 0 aliphatic heterocycles. The van der Waals surface area contributed by atoms with E-state index in [0.29, 0.717) is 12.1 Å². The van der Waals surface area contributed by atoms with Crippen LogP contribution in [0.1, 0.15) is 38.5 Å². The lowest BCUT2D eigenvalue weighted by Crippen LogP contribution is -2.18. The van der Waals surface area contributed by atoms with Gasteiger partial charge < -0.3 is 14.6 Å². The first-order valence-corrected chi connectivity index (χ1v) is 11.6. The van der Waals surface area contributed by atoms with Crippen LogP contribution in [-0.4, -0.2) is 30.9 Å². The lowest BCUT2D eigenvalue weighted by atomic mass is 9.98. The van der Waals surface area contributed by atoms with Gasteiger partial charge in [0.1, 0.15) is 12.4 Å². The van der Waals surface area contributed by atoms with Crippen molar-refractivity contribution in [1.29, 1.82) is 0 Å². The molecule has 0 unspecified atom stereocenters. The van der Waals surface area contributed by atoms with E-state index in [-0.39, 0.29) is 18.1 Å². The smallest absolute Gasteiger partial charge is 0.411 e. The summed E-state index contributed by atoms with van der Waals surface area (Å²) in [6.45, 7) is 0.178. The highest BCUT2D eigenvalue weighted by Crippen LogP contribution is 2.44. The number of fused-ring (bicyclic) bond motifs is 3. The van der Waals surface area contributed by atoms with E-state index in [9.17, 15) is 14.7 Å². The predicted octanol–water partition coefficient (Wildman–Crippen LogP) is 6.35. The standard InChI is InChI=1S/C30H25NO5/c1-35-23-12-10-19(11-13-23)14-20-15-21(29(32)33)17-22(16-20)31-30(34)36-18-28-26-8-4-2-6-24(26)25-7-3-5-9-27(25)28/h2-13,15-17,28H,14,18H2,1H3,(H,31,34)(H,32,33). The monoisotopic (exact) mass is 479 g/mol. The van der Waals surface area contributed by atoms with Gasteiger partial charge in [-0.15, -0.1) is 0 Å². The lowest BCUT2D eigenvalue weighted by molar-refractivity contribution is 0.0696. The highest BCUT2D eigenvalue weighted by Gasteiger charge is 2.29. The zero-order chi connectivity index (χ0) is 25.1. The van der Waals surface area contributed by atoms with Gasteiger partial charge in [-0.05, 0) is 70.1 Å². The summed E-state index contributed by atoms with van der Waals surface area (Å²) in [5.74, 6) is -0.378. The molecule has 5 rings (SSSR count). The van der Waals surface area contributed by atoms with Crippen LogP contribution in [0.4, 0.5) is 10.5 Å². The van der Waals surface area contributed by atoms with E-state index in [2.05, 4.69) is 29.6 Å². The predicted molar refractivity (Wildman–Crippen MR) is 138 cm³/mol. The van der Waals surface area contributed by atoms with Crippen molar-refractivity contribution in [2.45, 2.75) is 12.3 Å². The second kappa shape index (κ2) is 9.96. The van der Waals surface area contributed by atoms with E-state index in [0.717, 1.165) is 39.1 Å². The van der Waals surface area contributed by atoms with Crippen LogP contribution >= 0.6 is 0 Å². The Kier molecular flexibility index (Phi) is 6.41. The maximum atomic E-state index is 12.7. The fourth-order valence-electron chi connectivity index (χ4n) is 4.72. The molecule has 0 saturated carbocycles. The van der Waals surface area contributed by atoms with E-state index in [4.69, 9.17) is 9.47 Å². The number of benzene rings is 4. The van der Waals surface area contributed by atoms with Gasteiger partial charge in [0.15, 0.2) is 0 Å². The van der Waals surface area contributed by atoms with Gasteiger partial charge in [-0.3, -0.25) is 5.32 Å². The van der Waals surface area contributed by atoms with Crippen molar-refractivity contribution in [1.82, 2.24) is 0 Å². The molecule has 1 aliphatic carbocycles. The highest BCUT2D eigenvalue weighted by atomic mass is 16.5. The molecule has 0 aromatic heterocycles. The van der Waals surface area contributed by atoms with Crippen molar-refractivity contribution in [2.75, 3.05) is 19.0 Å². The number of carboxylic acid groups (broad SMARTS) is 1. The molecular formula is C30H25NO5. The molecule has 6 heteroatoms. The van der Waals surface area contributed by atoms with Crippen molar-refractivity contribution in [2.24, 2.45) is 0 Å². The van der Waals surface area contributed by atoms with Crippen LogP contribution in [0.15, 0.2) is 91.0 Å². The molecule has 0 saturated heterocycles. The molecule has 180 valence electrons. The maximum absolute atomic E-state index is 12.7. The number of carbonyl (C=O) groups is 2. The minimum absolute atomic E-state index is 0.0564. The molecule has 36 heavy (non-hydrogen) atoms. The first kappa shape index (κ1) is 23.2. The fraction of sp³-hybridized carbons (Fsp3) is 0.133. The summed E-state index contributed by atoms with van der Waals surface area (Å²) >= 11 is 0. The Hall–Kier alpha value is -4.58. The van der Waals surface area contributed by atoms with Gasteiger partial charge in [-0.25, -0.2) is 9.59 Å². The SMILES string of the molecule is COc1ccc(Cc2cc(NC(=O)OCC3c4ccccc4-c4ccccc43)cc(C(=O)O)c2)cc1. The quantitative estimate of drug-likeness (QED) is 0.323. The number of anilines is 1. The van der Waals surface area contributed by atoms with Gasteiger partial charge in [0.25, 0.3) is 0 Å². The summed E-state index contributed by atoms with van der Waals surface area (Å²) in [5.41, 5.74) is 6.77. The molecule has 0 spiro atoms. The van der Waals surface area contributed by atoms with Crippen LogP contribution in [0, 0.1) is 0 Å². The average molecular weight is 480 g/mol. The van der Waals surface area contributed by atoms with Gasteiger partial charge >= 0.3 is 12.1 Å². The van der Waals surface area contributed by atoms with Gasteiger partial charge in [0.2, 0.25) is 0 Å². The topological polar surface area (TPSA) is 84.9 Å². The molecule has 4 aromatic carbocycles. The zero-order valence-corrected chi connectivity index (χ0v) is 19.7. The summed E-state index contributed by atoms with van der Waals surface area (Å²) in [7, 11) is 1.60. The summed E-state index contributed by atoms with van der Waals surface area (Å²) in [6.07, 6.45) is -0.125. The molecule has 0 fully saturated rings. The average Bonchev–Trinajstić information content (AvgIpc) is 3.21. The number of amides is 1. The molecule has 2 N–H and O–H groups in total. The molecule has 0 radical (unpaired) electrons. The van der Waals surface area contributed by atoms with Gasteiger partial charge in [0, 0.05) is 11.6 Å². The molecule has 1 aliphatic rings.